The minimum atomic E-state index is -1.74. The molecular weight excluding hydrogens is 523 g/mol. The first kappa shape index (κ1) is 24.6. The Morgan fingerprint density at radius 3 is 2.54 bits per heavy atom. The maximum Gasteiger partial charge on any atom is 0.158 e. The van der Waals surface area contributed by atoms with Crippen LogP contribution in [0.1, 0.15) is 72.1 Å². The molecule has 2 saturated carbocycles. The summed E-state index contributed by atoms with van der Waals surface area (Å²) in [4.78, 5) is 14.1. The second-order valence-electron chi connectivity index (χ2n) is 13.7. The quantitative estimate of drug-likeness (QED) is 0.315. The first-order valence-corrected chi connectivity index (χ1v) is 17.4. The number of likely N-dealkylation sites (tertiary alicyclic amines) is 1. The standard InChI is InChI=1S/C31H39N5OS2/c1-16(2)25-26-19(5)28(38-30(26)34-27(25)23-10-36-29(32-15-33-36)18(4)17(23)3)22-8-21-7-20(22)9-24(21)35-11-31(12-35)13-39(6,37)14-31/h10,15-16,20-22,24,34H,6-9,11-14H2,1-5H3/t20-,21?,22?,24?/m0/s1. The third-order valence-corrected chi connectivity index (χ3v) is 14.4. The average molecular weight is 562 g/mol. The summed E-state index contributed by atoms with van der Waals surface area (Å²) in [5.74, 6) is 8.42. The number of aromatic nitrogens is 4. The number of nitrogens with one attached hydrogen (secondary N) is 1. The molecule has 4 aromatic heterocycles. The summed E-state index contributed by atoms with van der Waals surface area (Å²) < 4.78 is 14.1. The molecule has 3 unspecified atom stereocenters. The van der Waals surface area contributed by atoms with Crippen LogP contribution >= 0.6 is 11.3 Å². The molecule has 0 amide bonds. The topological polar surface area (TPSA) is 66.3 Å². The first-order valence-electron chi connectivity index (χ1n) is 14.6. The Morgan fingerprint density at radius 1 is 1.10 bits per heavy atom. The fourth-order valence-electron chi connectivity index (χ4n) is 9.17. The lowest BCUT2D eigenvalue weighted by Crippen LogP contribution is -2.70. The summed E-state index contributed by atoms with van der Waals surface area (Å²) in [6.45, 7) is 13.7. The van der Waals surface area contributed by atoms with Gasteiger partial charge in [0.15, 0.2) is 5.65 Å². The zero-order valence-electron chi connectivity index (χ0n) is 23.7. The van der Waals surface area contributed by atoms with Crippen LogP contribution in [0.15, 0.2) is 12.5 Å². The molecule has 2 aliphatic heterocycles. The van der Waals surface area contributed by atoms with Crippen LogP contribution in [0.4, 0.5) is 0 Å². The van der Waals surface area contributed by atoms with E-state index in [4.69, 9.17) is 0 Å². The van der Waals surface area contributed by atoms with E-state index >= 15 is 0 Å². The summed E-state index contributed by atoms with van der Waals surface area (Å²) in [5.41, 5.74) is 9.19. The highest BCUT2D eigenvalue weighted by molar-refractivity contribution is 8.01. The number of nitrogens with zero attached hydrogens (tertiary/aromatic N) is 4. The van der Waals surface area contributed by atoms with Gasteiger partial charge in [0.1, 0.15) is 11.2 Å². The van der Waals surface area contributed by atoms with E-state index in [1.165, 1.54) is 76.1 Å². The van der Waals surface area contributed by atoms with Gasteiger partial charge in [-0.1, -0.05) is 13.8 Å². The molecule has 39 heavy (non-hydrogen) atoms. The number of hydrogen-bond acceptors (Lipinski definition) is 5. The Labute approximate surface area is 235 Å². The number of aryl methyl sites for hydroxylation is 2. The molecular formula is C31H39N5OS2. The molecule has 0 aromatic carbocycles. The van der Waals surface area contributed by atoms with Crippen molar-refractivity contribution in [2.45, 2.75) is 71.8 Å². The minimum absolute atomic E-state index is 0.351. The van der Waals surface area contributed by atoms with E-state index in [1.54, 1.807) is 11.2 Å². The molecule has 2 aliphatic carbocycles. The SMILES string of the molecule is C=S1(=O)CC2(CN(C3C[C@@H]4CC3CC4c3sc4[nH]c(-c5cn6ncnc6c(C)c5C)c(C(C)C)c4c3C)C2)C1. The van der Waals surface area contributed by atoms with Crippen LogP contribution in [-0.4, -0.2) is 65.2 Å². The van der Waals surface area contributed by atoms with Crippen molar-refractivity contribution in [3.8, 4) is 11.3 Å². The lowest BCUT2D eigenvalue weighted by atomic mass is 9.77. The lowest BCUT2D eigenvalue weighted by Gasteiger charge is -2.59. The second kappa shape index (κ2) is 7.98. The molecule has 1 spiro atoms. The molecule has 2 saturated heterocycles. The molecule has 4 aliphatic rings. The van der Waals surface area contributed by atoms with Gasteiger partial charge in [-0.05, 0) is 101 Å². The van der Waals surface area contributed by atoms with Gasteiger partial charge in [0.05, 0.1) is 5.69 Å². The fraction of sp³-hybridized carbons (Fsp3) is 0.581. The summed E-state index contributed by atoms with van der Waals surface area (Å²) in [5, 5.41) is 5.91. The number of pyridine rings is 1. The third-order valence-electron chi connectivity index (χ3n) is 10.8. The van der Waals surface area contributed by atoms with Crippen molar-refractivity contribution < 1.29 is 4.21 Å². The molecule has 4 atom stereocenters. The van der Waals surface area contributed by atoms with Gasteiger partial charge in [0, 0.05) is 58.1 Å². The fourth-order valence-corrected chi connectivity index (χ4v) is 13.1. The van der Waals surface area contributed by atoms with E-state index in [0.717, 1.165) is 35.0 Å². The molecule has 0 radical (unpaired) electrons. The van der Waals surface area contributed by atoms with Crippen molar-refractivity contribution in [1.82, 2.24) is 24.5 Å². The van der Waals surface area contributed by atoms with E-state index in [-0.39, 0.29) is 0 Å². The molecule has 206 valence electrons. The number of rotatable bonds is 4. The summed E-state index contributed by atoms with van der Waals surface area (Å²) in [6, 6.07) is 0.749. The Hall–Kier alpha value is -2.16. The first-order chi connectivity index (χ1) is 18.5. The maximum atomic E-state index is 12.2. The van der Waals surface area contributed by atoms with Crippen LogP contribution in [0.2, 0.25) is 0 Å². The summed E-state index contributed by atoms with van der Waals surface area (Å²) in [7, 11) is -1.74. The van der Waals surface area contributed by atoms with E-state index in [0.29, 0.717) is 17.3 Å². The molecule has 6 nitrogen and oxygen atoms in total. The van der Waals surface area contributed by atoms with Gasteiger partial charge in [-0.25, -0.2) is 9.50 Å². The van der Waals surface area contributed by atoms with Crippen molar-refractivity contribution in [3.63, 3.8) is 0 Å². The van der Waals surface area contributed by atoms with Crippen molar-refractivity contribution in [2.75, 3.05) is 24.6 Å². The smallest absolute Gasteiger partial charge is 0.158 e. The monoisotopic (exact) mass is 561 g/mol. The second-order valence-corrected chi connectivity index (χ2v) is 17.3. The van der Waals surface area contributed by atoms with Crippen LogP contribution in [0.25, 0.3) is 27.1 Å². The Kier molecular flexibility index (Phi) is 5.04. The number of hydrogen-bond donors (Lipinski definition) is 1. The van der Waals surface area contributed by atoms with E-state index in [9.17, 15) is 4.21 Å². The van der Waals surface area contributed by atoms with Crippen LogP contribution in [0.3, 0.4) is 0 Å². The lowest BCUT2D eigenvalue weighted by molar-refractivity contribution is -0.0281. The highest BCUT2D eigenvalue weighted by Gasteiger charge is 2.58. The predicted octanol–water partition coefficient (Wildman–Crippen LogP) is 5.90. The molecule has 2 bridgehead atoms. The largest absolute Gasteiger partial charge is 0.346 e. The molecule has 4 fully saturated rings. The van der Waals surface area contributed by atoms with Crippen LogP contribution in [0, 0.1) is 38.0 Å². The predicted molar refractivity (Wildman–Crippen MR) is 163 cm³/mol. The molecule has 6 heterocycles. The van der Waals surface area contributed by atoms with Crippen LogP contribution in [-0.2, 0) is 9.52 Å². The van der Waals surface area contributed by atoms with Gasteiger partial charge < -0.3 is 4.98 Å². The number of thiophene rings is 1. The van der Waals surface area contributed by atoms with E-state index in [2.05, 4.69) is 66.7 Å². The highest BCUT2D eigenvalue weighted by atomic mass is 32.2. The molecule has 8 heteroatoms. The van der Waals surface area contributed by atoms with Gasteiger partial charge in [-0.3, -0.25) is 9.11 Å². The van der Waals surface area contributed by atoms with Crippen LogP contribution < -0.4 is 0 Å². The van der Waals surface area contributed by atoms with Crippen molar-refractivity contribution in [3.05, 3.63) is 39.7 Å². The van der Waals surface area contributed by atoms with Crippen molar-refractivity contribution in [2.24, 2.45) is 17.3 Å². The zero-order chi connectivity index (χ0) is 27.0. The Morgan fingerprint density at radius 2 is 1.87 bits per heavy atom. The van der Waals surface area contributed by atoms with Crippen molar-refractivity contribution in [1.29, 1.82) is 0 Å². The summed E-state index contributed by atoms with van der Waals surface area (Å²) in [6.07, 6.45) is 7.85. The number of fused-ring (bicyclic) bond motifs is 4. The van der Waals surface area contributed by atoms with Gasteiger partial charge >= 0.3 is 0 Å². The minimum Gasteiger partial charge on any atom is -0.346 e. The normalized spacial score (nSPS) is 29.2. The summed E-state index contributed by atoms with van der Waals surface area (Å²) >= 11 is 2.02. The zero-order valence-corrected chi connectivity index (χ0v) is 25.3. The Bertz CT molecular complexity index is 1750. The average Bonchev–Trinajstić information content (AvgIpc) is 3.64. The van der Waals surface area contributed by atoms with Gasteiger partial charge in [0.25, 0.3) is 0 Å². The third kappa shape index (κ3) is 3.40. The van der Waals surface area contributed by atoms with Gasteiger partial charge in [0.2, 0.25) is 0 Å². The van der Waals surface area contributed by atoms with Gasteiger partial charge in [-0.2, -0.15) is 5.10 Å². The van der Waals surface area contributed by atoms with E-state index in [1.807, 2.05) is 15.9 Å². The van der Waals surface area contributed by atoms with Crippen molar-refractivity contribution >= 4 is 42.6 Å². The number of H-pyrrole nitrogens is 1. The number of aromatic amines is 1. The van der Waals surface area contributed by atoms with E-state index < -0.39 is 9.52 Å². The highest BCUT2D eigenvalue weighted by Crippen LogP contribution is 2.59. The van der Waals surface area contributed by atoms with Gasteiger partial charge in [-0.15, -0.1) is 11.3 Å². The molecule has 8 rings (SSSR count). The maximum absolute atomic E-state index is 12.2. The molecule has 1 N–H and O–H groups in total. The Balaban J connectivity index is 1.10. The van der Waals surface area contributed by atoms with Crippen LogP contribution in [0.5, 0.6) is 0 Å². The molecule has 4 aromatic rings.